The Bertz CT molecular complexity index is 422. The minimum Gasteiger partial charge on any atom is -0.377 e. The van der Waals surface area contributed by atoms with Crippen molar-refractivity contribution in [2.75, 3.05) is 18.5 Å². The number of rotatable bonds is 5. The molecule has 0 radical (unpaired) electrons. The summed E-state index contributed by atoms with van der Waals surface area (Å²) in [5, 5.41) is 4.27. The van der Waals surface area contributed by atoms with E-state index in [1.165, 1.54) is 4.70 Å². The number of anilines is 1. The lowest BCUT2D eigenvalue weighted by Crippen LogP contribution is -2.19. The lowest BCUT2D eigenvalue weighted by atomic mass is 10.3. The molecule has 0 aliphatic carbocycles. The van der Waals surface area contributed by atoms with Gasteiger partial charge in [-0.25, -0.2) is 4.98 Å². The van der Waals surface area contributed by atoms with Crippen LogP contribution in [0.15, 0.2) is 24.3 Å². The summed E-state index contributed by atoms with van der Waals surface area (Å²) in [6.07, 6.45) is 0.219. The second kappa shape index (κ2) is 5.27. The third-order valence-corrected chi connectivity index (χ3v) is 3.28. The van der Waals surface area contributed by atoms with Crippen LogP contribution in [0.25, 0.3) is 10.2 Å². The zero-order valence-corrected chi connectivity index (χ0v) is 10.4. The monoisotopic (exact) mass is 236 g/mol. The Balaban J connectivity index is 1.99. The zero-order valence-electron chi connectivity index (χ0n) is 9.56. The molecule has 1 aromatic heterocycles. The number of aromatic nitrogens is 1. The molecule has 0 saturated carbocycles. The average molecular weight is 236 g/mol. The minimum absolute atomic E-state index is 0.219. The van der Waals surface area contributed by atoms with Crippen molar-refractivity contribution < 1.29 is 4.74 Å². The summed E-state index contributed by atoms with van der Waals surface area (Å²) in [5.74, 6) is 0. The van der Waals surface area contributed by atoms with E-state index < -0.39 is 0 Å². The van der Waals surface area contributed by atoms with Gasteiger partial charge in [-0.2, -0.15) is 0 Å². The quantitative estimate of drug-likeness (QED) is 0.866. The topological polar surface area (TPSA) is 34.1 Å². The summed E-state index contributed by atoms with van der Waals surface area (Å²) in [5.41, 5.74) is 1.05. The molecular weight excluding hydrogens is 220 g/mol. The van der Waals surface area contributed by atoms with Crippen molar-refractivity contribution in [1.29, 1.82) is 0 Å². The normalized spacial score (nSPS) is 12.9. The molecule has 0 saturated heterocycles. The number of para-hydroxylation sites is 1. The molecule has 1 unspecified atom stereocenters. The van der Waals surface area contributed by atoms with Crippen LogP contribution >= 0.6 is 11.3 Å². The highest BCUT2D eigenvalue weighted by Crippen LogP contribution is 2.25. The fraction of sp³-hybridized carbons (Fsp3) is 0.417. The van der Waals surface area contributed by atoms with Crippen LogP contribution in [0.2, 0.25) is 0 Å². The Morgan fingerprint density at radius 2 is 2.25 bits per heavy atom. The van der Waals surface area contributed by atoms with Crippen molar-refractivity contribution in [3.8, 4) is 0 Å². The molecule has 1 aromatic carbocycles. The smallest absolute Gasteiger partial charge is 0.183 e. The first-order chi connectivity index (χ1) is 7.79. The molecule has 0 amide bonds. The summed E-state index contributed by atoms with van der Waals surface area (Å²) in [6, 6.07) is 8.16. The van der Waals surface area contributed by atoms with Crippen molar-refractivity contribution in [2.24, 2.45) is 0 Å². The van der Waals surface area contributed by atoms with Gasteiger partial charge in [-0.15, -0.1) is 0 Å². The Morgan fingerprint density at radius 3 is 3.00 bits per heavy atom. The van der Waals surface area contributed by atoms with Gasteiger partial charge in [0.1, 0.15) is 0 Å². The number of hydrogen-bond acceptors (Lipinski definition) is 4. The molecule has 0 bridgehead atoms. The number of ether oxygens (including phenoxy) is 1. The number of nitrogens with one attached hydrogen (secondary N) is 1. The molecule has 1 atom stereocenters. The van der Waals surface area contributed by atoms with Crippen LogP contribution in [0.5, 0.6) is 0 Å². The zero-order chi connectivity index (χ0) is 11.4. The number of benzene rings is 1. The van der Waals surface area contributed by atoms with E-state index in [1.807, 2.05) is 25.1 Å². The van der Waals surface area contributed by atoms with Gasteiger partial charge in [0.25, 0.3) is 0 Å². The summed E-state index contributed by atoms with van der Waals surface area (Å²) in [6.45, 7) is 5.62. The molecule has 0 aliphatic rings. The molecular formula is C12H16N2OS. The molecule has 0 aliphatic heterocycles. The van der Waals surface area contributed by atoms with E-state index in [0.717, 1.165) is 23.8 Å². The van der Waals surface area contributed by atoms with Crippen molar-refractivity contribution in [1.82, 2.24) is 4.98 Å². The Morgan fingerprint density at radius 1 is 1.44 bits per heavy atom. The highest BCUT2D eigenvalue weighted by Gasteiger charge is 2.04. The van der Waals surface area contributed by atoms with E-state index >= 15 is 0 Å². The summed E-state index contributed by atoms with van der Waals surface area (Å²) in [4.78, 5) is 4.50. The van der Waals surface area contributed by atoms with Crippen LogP contribution in [0, 0.1) is 0 Å². The maximum atomic E-state index is 5.45. The van der Waals surface area contributed by atoms with Crippen molar-refractivity contribution in [3.05, 3.63) is 24.3 Å². The fourth-order valence-corrected chi connectivity index (χ4v) is 2.39. The van der Waals surface area contributed by atoms with E-state index in [9.17, 15) is 0 Å². The maximum Gasteiger partial charge on any atom is 0.183 e. The molecule has 0 spiro atoms. The fourth-order valence-electron chi connectivity index (χ4n) is 1.52. The van der Waals surface area contributed by atoms with E-state index in [-0.39, 0.29) is 6.10 Å². The van der Waals surface area contributed by atoms with Gasteiger partial charge in [0.15, 0.2) is 5.13 Å². The molecule has 86 valence electrons. The van der Waals surface area contributed by atoms with Crippen LogP contribution in [0.3, 0.4) is 0 Å². The van der Waals surface area contributed by atoms with Gasteiger partial charge in [0.2, 0.25) is 0 Å². The summed E-state index contributed by atoms with van der Waals surface area (Å²) < 4.78 is 6.67. The maximum absolute atomic E-state index is 5.45. The average Bonchev–Trinajstić information content (AvgIpc) is 2.69. The highest BCUT2D eigenvalue weighted by atomic mass is 32.1. The van der Waals surface area contributed by atoms with Gasteiger partial charge in [-0.05, 0) is 26.0 Å². The predicted octanol–water partition coefficient (Wildman–Crippen LogP) is 3.13. The largest absolute Gasteiger partial charge is 0.377 e. The SMILES string of the molecule is CCOC(C)CNc1nc2ccccc2s1. The summed E-state index contributed by atoms with van der Waals surface area (Å²) in [7, 11) is 0. The molecule has 3 nitrogen and oxygen atoms in total. The first kappa shape index (κ1) is 11.4. The molecule has 1 heterocycles. The van der Waals surface area contributed by atoms with Gasteiger partial charge in [-0.3, -0.25) is 0 Å². The van der Waals surface area contributed by atoms with Crippen LogP contribution < -0.4 is 5.32 Å². The second-order valence-electron chi connectivity index (χ2n) is 3.63. The van der Waals surface area contributed by atoms with E-state index in [0.29, 0.717) is 0 Å². The third-order valence-electron chi connectivity index (χ3n) is 2.29. The van der Waals surface area contributed by atoms with Gasteiger partial charge in [0.05, 0.1) is 16.3 Å². The van der Waals surface area contributed by atoms with Crippen LogP contribution in [0.4, 0.5) is 5.13 Å². The van der Waals surface area contributed by atoms with E-state index in [2.05, 4.69) is 23.3 Å². The van der Waals surface area contributed by atoms with Gasteiger partial charge >= 0.3 is 0 Å². The highest BCUT2D eigenvalue weighted by molar-refractivity contribution is 7.22. The summed E-state index contributed by atoms with van der Waals surface area (Å²) >= 11 is 1.68. The molecule has 4 heteroatoms. The van der Waals surface area contributed by atoms with Crippen LogP contribution in [0.1, 0.15) is 13.8 Å². The van der Waals surface area contributed by atoms with E-state index in [4.69, 9.17) is 4.74 Å². The third kappa shape index (κ3) is 2.71. The van der Waals surface area contributed by atoms with E-state index in [1.54, 1.807) is 11.3 Å². The van der Waals surface area contributed by atoms with Gasteiger partial charge in [0, 0.05) is 13.2 Å². The second-order valence-corrected chi connectivity index (χ2v) is 4.66. The lowest BCUT2D eigenvalue weighted by Gasteiger charge is -2.11. The predicted molar refractivity (Wildman–Crippen MR) is 69.2 cm³/mol. The van der Waals surface area contributed by atoms with Gasteiger partial charge < -0.3 is 10.1 Å². The van der Waals surface area contributed by atoms with Crippen molar-refractivity contribution in [3.63, 3.8) is 0 Å². The first-order valence-corrected chi connectivity index (χ1v) is 6.32. The number of fused-ring (bicyclic) bond motifs is 1. The minimum atomic E-state index is 0.219. The molecule has 2 aromatic rings. The van der Waals surface area contributed by atoms with Crippen molar-refractivity contribution in [2.45, 2.75) is 20.0 Å². The Kier molecular flexibility index (Phi) is 3.74. The Hall–Kier alpha value is -1.13. The Labute approximate surface area is 99.5 Å². The molecule has 2 rings (SSSR count). The number of nitrogens with zero attached hydrogens (tertiary/aromatic N) is 1. The number of thiazole rings is 1. The number of hydrogen-bond donors (Lipinski definition) is 1. The molecule has 16 heavy (non-hydrogen) atoms. The van der Waals surface area contributed by atoms with Gasteiger partial charge in [-0.1, -0.05) is 23.5 Å². The lowest BCUT2D eigenvalue weighted by molar-refractivity contribution is 0.0855. The van der Waals surface area contributed by atoms with Crippen molar-refractivity contribution >= 4 is 26.7 Å². The molecule has 0 fully saturated rings. The standard InChI is InChI=1S/C12H16N2OS/c1-3-15-9(2)8-13-12-14-10-6-4-5-7-11(10)16-12/h4-7,9H,3,8H2,1-2H3,(H,13,14). The molecule has 1 N–H and O–H groups in total. The van der Waals surface area contributed by atoms with Crippen LogP contribution in [-0.4, -0.2) is 24.2 Å². The van der Waals surface area contributed by atoms with Crippen LogP contribution in [-0.2, 0) is 4.74 Å². The first-order valence-electron chi connectivity index (χ1n) is 5.50.